The largest absolute Gasteiger partial charge is 0.324 e. The van der Waals surface area contributed by atoms with Gasteiger partial charge in [0.1, 0.15) is 6.54 Å². The van der Waals surface area contributed by atoms with Crippen LogP contribution in [0.2, 0.25) is 5.02 Å². The summed E-state index contributed by atoms with van der Waals surface area (Å²) in [6.07, 6.45) is 1.10. The number of benzene rings is 2. The van der Waals surface area contributed by atoms with E-state index in [0.717, 1.165) is 21.3 Å². The number of hydrogen-bond donors (Lipinski definition) is 1. The van der Waals surface area contributed by atoms with E-state index in [1.165, 1.54) is 0 Å². The van der Waals surface area contributed by atoms with Gasteiger partial charge in [-0.3, -0.25) is 9.59 Å². The Morgan fingerprint density at radius 2 is 2.08 bits per heavy atom. The summed E-state index contributed by atoms with van der Waals surface area (Å²) in [5, 5.41) is 3.43. The van der Waals surface area contributed by atoms with Crippen molar-refractivity contribution in [3.63, 3.8) is 0 Å². The molecule has 3 rings (SSSR count). The number of amides is 2. The molecular formula is C18H16BrClN2O2. The molecule has 0 unspecified atom stereocenters. The molecule has 24 heavy (non-hydrogen) atoms. The molecule has 1 heterocycles. The highest BCUT2D eigenvalue weighted by Crippen LogP contribution is 2.30. The minimum atomic E-state index is -0.246. The number of fused-ring (bicyclic) bond motifs is 1. The first kappa shape index (κ1) is 17.0. The molecular weight excluding hydrogens is 392 g/mol. The molecule has 0 saturated carbocycles. The minimum Gasteiger partial charge on any atom is -0.324 e. The second-order valence-electron chi connectivity index (χ2n) is 5.71. The molecule has 2 aromatic carbocycles. The molecule has 1 aliphatic heterocycles. The van der Waals surface area contributed by atoms with E-state index in [9.17, 15) is 9.59 Å². The van der Waals surface area contributed by atoms with E-state index in [2.05, 4.69) is 21.2 Å². The fourth-order valence-electron chi connectivity index (χ4n) is 2.78. The molecule has 2 aromatic rings. The molecule has 0 saturated heterocycles. The average molecular weight is 408 g/mol. The Labute approximate surface area is 153 Å². The van der Waals surface area contributed by atoms with Gasteiger partial charge in [-0.2, -0.15) is 0 Å². The summed E-state index contributed by atoms with van der Waals surface area (Å²) in [5.41, 5.74) is 3.33. The van der Waals surface area contributed by atoms with E-state index in [1.54, 1.807) is 23.1 Å². The first-order valence-corrected chi connectivity index (χ1v) is 8.76. The van der Waals surface area contributed by atoms with Gasteiger partial charge in [-0.1, -0.05) is 33.6 Å². The summed E-state index contributed by atoms with van der Waals surface area (Å²) in [5.74, 6) is -0.285. The highest BCUT2D eigenvalue weighted by Gasteiger charge is 2.26. The minimum absolute atomic E-state index is 0.0145. The zero-order valence-corrected chi connectivity index (χ0v) is 15.4. The lowest BCUT2D eigenvalue weighted by Crippen LogP contribution is -2.41. The number of rotatable bonds is 3. The molecule has 1 aliphatic rings. The van der Waals surface area contributed by atoms with Crippen molar-refractivity contribution in [2.45, 2.75) is 19.8 Å². The summed E-state index contributed by atoms with van der Waals surface area (Å²) in [6.45, 7) is 1.83. The number of aryl methyl sites for hydroxylation is 1. The van der Waals surface area contributed by atoms with Crippen molar-refractivity contribution >= 4 is 50.7 Å². The summed E-state index contributed by atoms with van der Waals surface area (Å²) in [4.78, 5) is 26.2. The second kappa shape index (κ2) is 6.95. The Hall–Kier alpha value is -1.85. The number of hydrogen-bond acceptors (Lipinski definition) is 2. The maximum Gasteiger partial charge on any atom is 0.244 e. The van der Waals surface area contributed by atoms with Crippen LogP contribution >= 0.6 is 27.5 Å². The Morgan fingerprint density at radius 3 is 2.88 bits per heavy atom. The third kappa shape index (κ3) is 3.47. The predicted molar refractivity (Wildman–Crippen MR) is 99.6 cm³/mol. The number of carbonyl (C=O) groups is 2. The quantitative estimate of drug-likeness (QED) is 0.823. The monoisotopic (exact) mass is 406 g/mol. The standard InChI is InChI=1S/C18H16BrClN2O2/c1-11-14(20)3-2-4-15(11)21-17(23)10-22-16-7-6-13(19)9-12(16)5-8-18(22)24/h2-4,6-7,9H,5,8,10H2,1H3,(H,21,23). The number of anilines is 2. The number of carbonyl (C=O) groups excluding carboxylic acids is 2. The summed E-state index contributed by atoms with van der Waals surface area (Å²) in [7, 11) is 0. The van der Waals surface area contributed by atoms with Gasteiger partial charge in [0.25, 0.3) is 0 Å². The second-order valence-corrected chi connectivity index (χ2v) is 7.04. The highest BCUT2D eigenvalue weighted by atomic mass is 79.9. The van der Waals surface area contributed by atoms with E-state index in [1.807, 2.05) is 25.1 Å². The van der Waals surface area contributed by atoms with Gasteiger partial charge in [-0.15, -0.1) is 0 Å². The van der Waals surface area contributed by atoms with Crippen LogP contribution < -0.4 is 10.2 Å². The highest BCUT2D eigenvalue weighted by molar-refractivity contribution is 9.10. The van der Waals surface area contributed by atoms with Crippen molar-refractivity contribution in [3.8, 4) is 0 Å². The lowest BCUT2D eigenvalue weighted by atomic mass is 10.0. The number of halogens is 2. The lowest BCUT2D eigenvalue weighted by molar-refractivity contribution is -0.121. The van der Waals surface area contributed by atoms with Crippen LogP contribution in [0.15, 0.2) is 40.9 Å². The van der Waals surface area contributed by atoms with Crippen LogP contribution in [0.4, 0.5) is 11.4 Å². The van der Waals surface area contributed by atoms with Crippen LogP contribution in [0.25, 0.3) is 0 Å². The van der Waals surface area contributed by atoms with E-state index in [0.29, 0.717) is 23.6 Å². The van der Waals surface area contributed by atoms with Crippen molar-refractivity contribution in [3.05, 3.63) is 57.0 Å². The molecule has 0 aromatic heterocycles. The summed E-state index contributed by atoms with van der Waals surface area (Å²) >= 11 is 9.51. The molecule has 124 valence electrons. The van der Waals surface area contributed by atoms with Crippen LogP contribution in [0, 0.1) is 6.92 Å². The molecule has 0 aliphatic carbocycles. The van der Waals surface area contributed by atoms with Crippen LogP contribution in [-0.2, 0) is 16.0 Å². The van der Waals surface area contributed by atoms with E-state index >= 15 is 0 Å². The number of nitrogens with zero attached hydrogens (tertiary/aromatic N) is 1. The molecule has 0 bridgehead atoms. The molecule has 0 spiro atoms. The zero-order valence-electron chi connectivity index (χ0n) is 13.1. The summed E-state index contributed by atoms with van der Waals surface area (Å²) < 4.78 is 0.967. The van der Waals surface area contributed by atoms with E-state index in [4.69, 9.17) is 11.6 Å². The van der Waals surface area contributed by atoms with Gasteiger partial charge < -0.3 is 10.2 Å². The molecule has 4 nitrogen and oxygen atoms in total. The van der Waals surface area contributed by atoms with Crippen LogP contribution in [0.3, 0.4) is 0 Å². The fraction of sp³-hybridized carbons (Fsp3) is 0.222. The SMILES string of the molecule is Cc1c(Cl)cccc1NC(=O)CN1C(=O)CCc2cc(Br)ccc21. The molecule has 0 radical (unpaired) electrons. The smallest absolute Gasteiger partial charge is 0.244 e. The Morgan fingerprint density at radius 1 is 1.29 bits per heavy atom. The van der Waals surface area contributed by atoms with Gasteiger partial charge in [0, 0.05) is 27.3 Å². The molecule has 0 fully saturated rings. The topological polar surface area (TPSA) is 49.4 Å². The van der Waals surface area contributed by atoms with Crippen LogP contribution in [-0.4, -0.2) is 18.4 Å². The zero-order chi connectivity index (χ0) is 17.3. The predicted octanol–water partition coefficient (Wildman–Crippen LogP) is 4.33. The Bertz CT molecular complexity index is 823. The molecule has 1 N–H and O–H groups in total. The van der Waals surface area contributed by atoms with Crippen LogP contribution in [0.5, 0.6) is 0 Å². The van der Waals surface area contributed by atoms with Gasteiger partial charge in [0.05, 0.1) is 0 Å². The summed E-state index contributed by atoms with van der Waals surface area (Å²) in [6, 6.07) is 11.1. The first-order valence-electron chi connectivity index (χ1n) is 7.59. The van der Waals surface area contributed by atoms with Crippen molar-refractivity contribution in [1.29, 1.82) is 0 Å². The van der Waals surface area contributed by atoms with Gasteiger partial charge in [0.2, 0.25) is 11.8 Å². The molecule has 0 atom stereocenters. The van der Waals surface area contributed by atoms with Gasteiger partial charge in [-0.05, 0) is 54.8 Å². The molecule has 2 amide bonds. The normalized spacial score (nSPS) is 13.6. The van der Waals surface area contributed by atoms with Crippen molar-refractivity contribution in [1.82, 2.24) is 0 Å². The van der Waals surface area contributed by atoms with Crippen molar-refractivity contribution < 1.29 is 9.59 Å². The van der Waals surface area contributed by atoms with Crippen LogP contribution in [0.1, 0.15) is 17.5 Å². The van der Waals surface area contributed by atoms with Gasteiger partial charge in [-0.25, -0.2) is 0 Å². The van der Waals surface area contributed by atoms with E-state index in [-0.39, 0.29) is 18.4 Å². The first-order chi connectivity index (χ1) is 11.5. The van der Waals surface area contributed by atoms with Crippen molar-refractivity contribution in [2.75, 3.05) is 16.8 Å². The van der Waals surface area contributed by atoms with Gasteiger partial charge >= 0.3 is 0 Å². The Kier molecular flexibility index (Phi) is 4.92. The number of nitrogens with one attached hydrogen (secondary N) is 1. The lowest BCUT2D eigenvalue weighted by Gasteiger charge is -2.29. The maximum atomic E-state index is 12.4. The maximum absolute atomic E-state index is 12.4. The molecule has 6 heteroatoms. The van der Waals surface area contributed by atoms with Gasteiger partial charge in [0.15, 0.2) is 0 Å². The van der Waals surface area contributed by atoms with Crippen molar-refractivity contribution in [2.24, 2.45) is 0 Å². The van der Waals surface area contributed by atoms with E-state index < -0.39 is 0 Å². The third-order valence-electron chi connectivity index (χ3n) is 4.09. The average Bonchev–Trinajstić information content (AvgIpc) is 2.54. The Balaban J connectivity index is 1.79. The third-order valence-corrected chi connectivity index (χ3v) is 4.99. The fourth-order valence-corrected chi connectivity index (χ4v) is 3.36.